The van der Waals surface area contributed by atoms with Crippen LogP contribution in [0.25, 0.3) is 0 Å². The van der Waals surface area contributed by atoms with Crippen molar-refractivity contribution in [3.05, 3.63) is 63.6 Å². The Morgan fingerprint density at radius 3 is 2.31 bits per heavy atom. The number of nitrogens with one attached hydrogen (secondary N) is 1. The molecule has 2 aromatic carbocycles. The van der Waals surface area contributed by atoms with Crippen molar-refractivity contribution in [2.24, 2.45) is 23.7 Å². The molecule has 36 heavy (non-hydrogen) atoms. The van der Waals surface area contributed by atoms with E-state index in [0.717, 1.165) is 45.3 Å². The molecule has 0 aromatic heterocycles. The number of aryl methyl sites for hydroxylation is 2. The number of nitrogens with zero attached hydrogens (tertiary/aromatic N) is 1. The van der Waals surface area contributed by atoms with Crippen LogP contribution in [0.4, 0.5) is 5.69 Å². The van der Waals surface area contributed by atoms with Crippen LogP contribution >= 0.6 is 15.9 Å². The van der Waals surface area contributed by atoms with Gasteiger partial charge in [-0.05, 0) is 73.8 Å². The summed E-state index contributed by atoms with van der Waals surface area (Å²) in [5.74, 6) is -1.96. The normalized spacial score (nSPS) is 25.1. The van der Waals surface area contributed by atoms with Gasteiger partial charge in [0.25, 0.3) is 5.91 Å². The summed E-state index contributed by atoms with van der Waals surface area (Å²) in [6.45, 7) is 3.28. The topological polar surface area (TPSA) is 92.8 Å². The second kappa shape index (κ2) is 9.81. The second-order valence-electron chi connectivity index (χ2n) is 10.2. The number of anilines is 1. The predicted molar refractivity (Wildman–Crippen MR) is 137 cm³/mol. The van der Waals surface area contributed by atoms with Gasteiger partial charge in [0, 0.05) is 16.6 Å². The average Bonchev–Trinajstić information content (AvgIpc) is 3.54. The van der Waals surface area contributed by atoms with Gasteiger partial charge in [0.15, 0.2) is 6.61 Å². The van der Waals surface area contributed by atoms with Crippen LogP contribution in [0.1, 0.15) is 36.0 Å². The van der Waals surface area contributed by atoms with E-state index in [9.17, 15) is 19.2 Å². The number of amides is 3. The van der Waals surface area contributed by atoms with E-state index in [-0.39, 0.29) is 41.9 Å². The summed E-state index contributed by atoms with van der Waals surface area (Å²) in [4.78, 5) is 53.9. The summed E-state index contributed by atoms with van der Waals surface area (Å²) >= 11 is 3.47. The lowest BCUT2D eigenvalue weighted by molar-refractivity contribution is -0.160. The molecule has 8 heteroatoms. The van der Waals surface area contributed by atoms with Gasteiger partial charge in [-0.25, -0.2) is 4.79 Å². The van der Waals surface area contributed by atoms with E-state index in [4.69, 9.17) is 4.74 Å². The number of rotatable bonds is 7. The zero-order valence-corrected chi connectivity index (χ0v) is 21.9. The van der Waals surface area contributed by atoms with Crippen LogP contribution in [0.15, 0.2) is 46.9 Å². The largest absolute Gasteiger partial charge is 0.454 e. The fourth-order valence-electron chi connectivity index (χ4n) is 6.19. The van der Waals surface area contributed by atoms with Gasteiger partial charge >= 0.3 is 5.97 Å². The number of hydrogen-bond donors (Lipinski definition) is 1. The minimum atomic E-state index is -1.10. The molecule has 2 saturated carbocycles. The van der Waals surface area contributed by atoms with Crippen molar-refractivity contribution in [3.8, 4) is 0 Å². The van der Waals surface area contributed by atoms with Crippen molar-refractivity contribution in [1.82, 2.24) is 4.90 Å². The molecule has 5 rings (SSSR count). The third-order valence-corrected chi connectivity index (χ3v) is 8.80. The molecule has 1 aliphatic heterocycles. The Morgan fingerprint density at radius 1 is 1.03 bits per heavy atom. The fourth-order valence-corrected chi connectivity index (χ4v) is 6.65. The Morgan fingerprint density at radius 2 is 1.67 bits per heavy atom. The Bertz CT molecular complexity index is 1200. The molecule has 3 fully saturated rings. The monoisotopic (exact) mass is 552 g/mol. The number of esters is 1. The highest BCUT2D eigenvalue weighted by Gasteiger charge is 2.62. The molecule has 2 aliphatic carbocycles. The smallest absolute Gasteiger partial charge is 0.330 e. The number of likely N-dealkylation sites (tertiary alicyclic amines) is 1. The number of benzene rings is 2. The zero-order valence-electron chi connectivity index (χ0n) is 20.3. The highest BCUT2D eigenvalue weighted by molar-refractivity contribution is 9.10. The molecule has 1 N–H and O–H groups in total. The lowest BCUT2D eigenvalue weighted by Gasteiger charge is -2.26. The van der Waals surface area contributed by atoms with Crippen LogP contribution in [0.5, 0.6) is 0 Å². The average molecular weight is 553 g/mol. The SMILES string of the molecule is Cc1cc(NC(=O)COC(=O)[C@H](Cc2ccccc2)N2C(=O)[C@@H]3[C@H]4CC[C@@H](C4)[C@@H]3C2=O)c(C)cc1Br. The molecule has 2 bridgehead atoms. The quantitative estimate of drug-likeness (QED) is 0.410. The van der Waals surface area contributed by atoms with Crippen LogP contribution < -0.4 is 5.32 Å². The fraction of sp³-hybridized carbons (Fsp3) is 0.429. The summed E-state index contributed by atoms with van der Waals surface area (Å²) < 4.78 is 6.33. The molecule has 3 aliphatic rings. The standard InChI is InChI=1S/C28H29BrN2O5/c1-15-11-21(16(2)10-20(15)29)30-23(32)14-36-28(35)22(12-17-6-4-3-5-7-17)31-26(33)24-18-8-9-19(13-18)25(24)27(31)34/h3-7,10-11,18-19,22,24-25H,8-9,12-14H2,1-2H3,(H,30,32)/t18-,19-,22-,24-,25+/m0/s1. The van der Waals surface area contributed by atoms with Gasteiger partial charge in [-0.3, -0.25) is 19.3 Å². The van der Waals surface area contributed by atoms with E-state index in [1.165, 1.54) is 0 Å². The van der Waals surface area contributed by atoms with Gasteiger partial charge in [-0.15, -0.1) is 0 Å². The highest BCUT2D eigenvalue weighted by atomic mass is 79.9. The van der Waals surface area contributed by atoms with Gasteiger partial charge in [0.05, 0.1) is 11.8 Å². The molecule has 2 aromatic rings. The van der Waals surface area contributed by atoms with Crippen LogP contribution in [0, 0.1) is 37.5 Å². The van der Waals surface area contributed by atoms with E-state index in [1.807, 2.05) is 56.3 Å². The summed E-state index contributed by atoms with van der Waals surface area (Å²) in [6.07, 6.45) is 2.99. The van der Waals surface area contributed by atoms with Gasteiger partial charge in [0.2, 0.25) is 11.8 Å². The van der Waals surface area contributed by atoms with Crippen molar-refractivity contribution >= 4 is 45.3 Å². The number of carbonyl (C=O) groups is 4. The van der Waals surface area contributed by atoms with Crippen LogP contribution in [0.3, 0.4) is 0 Å². The Balaban J connectivity index is 1.32. The third-order valence-electron chi connectivity index (χ3n) is 7.94. The summed E-state index contributed by atoms with van der Waals surface area (Å²) in [6, 6.07) is 11.9. The predicted octanol–water partition coefficient (Wildman–Crippen LogP) is 4.19. The van der Waals surface area contributed by atoms with Crippen LogP contribution in [-0.4, -0.2) is 41.2 Å². The molecule has 1 heterocycles. The first-order chi connectivity index (χ1) is 17.2. The molecule has 1 saturated heterocycles. The van der Waals surface area contributed by atoms with E-state index in [1.54, 1.807) is 0 Å². The molecule has 7 nitrogen and oxygen atoms in total. The Kier molecular flexibility index (Phi) is 6.72. The second-order valence-corrected chi connectivity index (χ2v) is 11.1. The summed E-state index contributed by atoms with van der Waals surface area (Å²) in [7, 11) is 0. The van der Waals surface area contributed by atoms with Gasteiger partial charge in [-0.1, -0.05) is 46.3 Å². The molecule has 188 valence electrons. The summed E-state index contributed by atoms with van der Waals surface area (Å²) in [5.41, 5.74) is 3.27. The molecule has 0 radical (unpaired) electrons. The number of hydrogen-bond acceptors (Lipinski definition) is 5. The molecular formula is C28H29BrN2O5. The maximum Gasteiger partial charge on any atom is 0.330 e. The molecule has 5 atom stereocenters. The maximum absolute atomic E-state index is 13.4. The van der Waals surface area contributed by atoms with E-state index in [0.29, 0.717) is 5.69 Å². The number of carbonyl (C=O) groups excluding carboxylic acids is 4. The molecule has 3 amide bonds. The van der Waals surface area contributed by atoms with Crippen LogP contribution in [-0.2, 0) is 30.3 Å². The number of imide groups is 1. The highest BCUT2D eigenvalue weighted by Crippen LogP contribution is 2.56. The first-order valence-corrected chi connectivity index (χ1v) is 13.2. The summed E-state index contributed by atoms with van der Waals surface area (Å²) in [5, 5.41) is 2.78. The van der Waals surface area contributed by atoms with Crippen molar-refractivity contribution < 1.29 is 23.9 Å². The Hall–Kier alpha value is -3.00. The lowest BCUT2D eigenvalue weighted by Crippen LogP contribution is -2.48. The molecule has 0 unspecified atom stereocenters. The minimum absolute atomic E-state index is 0.151. The first kappa shape index (κ1) is 24.7. The first-order valence-electron chi connectivity index (χ1n) is 12.4. The molecule has 0 spiro atoms. The van der Waals surface area contributed by atoms with Crippen molar-refractivity contribution in [1.29, 1.82) is 0 Å². The number of ether oxygens (including phenoxy) is 1. The van der Waals surface area contributed by atoms with Crippen molar-refractivity contribution in [2.45, 2.75) is 45.6 Å². The van der Waals surface area contributed by atoms with E-state index < -0.39 is 24.5 Å². The van der Waals surface area contributed by atoms with E-state index in [2.05, 4.69) is 21.2 Å². The van der Waals surface area contributed by atoms with Gasteiger partial charge in [-0.2, -0.15) is 0 Å². The Labute approximate surface area is 218 Å². The van der Waals surface area contributed by atoms with Gasteiger partial charge < -0.3 is 10.1 Å². The van der Waals surface area contributed by atoms with E-state index >= 15 is 0 Å². The maximum atomic E-state index is 13.4. The van der Waals surface area contributed by atoms with Crippen molar-refractivity contribution in [2.75, 3.05) is 11.9 Å². The minimum Gasteiger partial charge on any atom is -0.454 e. The lowest BCUT2D eigenvalue weighted by atomic mass is 9.81. The number of fused-ring (bicyclic) bond motifs is 5. The third kappa shape index (κ3) is 4.47. The number of halogens is 1. The van der Waals surface area contributed by atoms with Gasteiger partial charge in [0.1, 0.15) is 6.04 Å². The zero-order chi connectivity index (χ0) is 25.6. The molecular weight excluding hydrogens is 524 g/mol. The van der Waals surface area contributed by atoms with Crippen molar-refractivity contribution in [3.63, 3.8) is 0 Å². The van der Waals surface area contributed by atoms with Crippen LogP contribution in [0.2, 0.25) is 0 Å².